The average molecular weight is 416 g/mol. The summed E-state index contributed by atoms with van der Waals surface area (Å²) in [6.07, 6.45) is 4.33. The number of aromatic nitrogens is 4. The molecule has 150 valence electrons. The zero-order valence-electron chi connectivity index (χ0n) is 15.8. The van der Waals surface area contributed by atoms with Crippen LogP contribution in [0.4, 0.5) is 8.78 Å². The molecule has 9 heteroatoms. The molecule has 2 aromatic carbocycles. The summed E-state index contributed by atoms with van der Waals surface area (Å²) < 4.78 is 55.2. The molecule has 6 nitrogen and oxygen atoms in total. The van der Waals surface area contributed by atoms with E-state index in [2.05, 4.69) is 9.97 Å². The average Bonchev–Trinajstić information content (AvgIpc) is 3.26. The summed E-state index contributed by atoms with van der Waals surface area (Å²) in [6.45, 7) is 2.83. The molecule has 4 rings (SSSR count). The van der Waals surface area contributed by atoms with Crippen LogP contribution in [0.25, 0.3) is 22.4 Å². The van der Waals surface area contributed by atoms with Crippen LogP contribution in [0.5, 0.6) is 0 Å². The predicted molar refractivity (Wildman–Crippen MR) is 105 cm³/mol. The van der Waals surface area contributed by atoms with Crippen LogP contribution in [0.2, 0.25) is 0 Å². The van der Waals surface area contributed by atoms with Crippen molar-refractivity contribution >= 4 is 20.9 Å². The maximum Gasteiger partial charge on any atom is 0.175 e. The maximum absolute atomic E-state index is 14.2. The van der Waals surface area contributed by atoms with Crippen LogP contribution in [-0.2, 0) is 22.9 Å². The predicted octanol–water partition coefficient (Wildman–Crippen LogP) is 3.65. The van der Waals surface area contributed by atoms with Crippen molar-refractivity contribution < 1.29 is 17.2 Å². The van der Waals surface area contributed by atoms with Gasteiger partial charge < -0.3 is 9.13 Å². The number of halogens is 2. The molecule has 0 aliphatic carbocycles. The van der Waals surface area contributed by atoms with Crippen molar-refractivity contribution in [1.82, 2.24) is 19.1 Å². The Morgan fingerprint density at radius 2 is 1.90 bits per heavy atom. The third-order valence-electron chi connectivity index (χ3n) is 4.74. The molecule has 4 aromatic rings. The minimum absolute atomic E-state index is 0.0634. The van der Waals surface area contributed by atoms with Crippen LogP contribution in [-0.4, -0.2) is 33.8 Å². The molecular weight excluding hydrogens is 398 g/mol. The zero-order chi connectivity index (χ0) is 20.8. The number of rotatable bonds is 5. The van der Waals surface area contributed by atoms with Gasteiger partial charge in [-0.15, -0.1) is 0 Å². The number of fused-ring (bicyclic) bond motifs is 1. The van der Waals surface area contributed by atoms with Gasteiger partial charge in [0.2, 0.25) is 0 Å². The fourth-order valence-corrected chi connectivity index (χ4v) is 4.01. The highest BCUT2D eigenvalue weighted by molar-refractivity contribution is 7.90. The summed E-state index contributed by atoms with van der Waals surface area (Å²) in [5.41, 5.74) is 1.42. The topological polar surface area (TPSA) is 69.8 Å². The first-order chi connectivity index (χ1) is 13.8. The molecule has 29 heavy (non-hydrogen) atoms. The first kappa shape index (κ1) is 19.3. The number of nitrogens with zero attached hydrogens (tertiary/aromatic N) is 4. The summed E-state index contributed by atoms with van der Waals surface area (Å²) in [4.78, 5) is 8.97. The molecule has 0 unspecified atom stereocenters. The number of hydrogen-bond acceptors (Lipinski definition) is 4. The minimum Gasteiger partial charge on any atom is -0.327 e. The van der Waals surface area contributed by atoms with Gasteiger partial charge in [-0.1, -0.05) is 0 Å². The number of hydrogen-bond donors (Lipinski definition) is 0. The molecule has 0 aliphatic rings. The van der Waals surface area contributed by atoms with Gasteiger partial charge in [-0.05, 0) is 43.3 Å². The van der Waals surface area contributed by atoms with E-state index < -0.39 is 21.5 Å². The van der Waals surface area contributed by atoms with E-state index in [0.29, 0.717) is 17.9 Å². The van der Waals surface area contributed by atoms with E-state index in [1.54, 1.807) is 29.0 Å². The molecular formula is C20H18F2N4O2S. The molecule has 0 N–H and O–H groups in total. The standard InChI is InChI=1S/C20H18F2N4O2S/c1-3-26-18-7-5-14(29(2,27)28)11-17(18)24-19(26)12-25-9-8-23-20(25)15-10-13(21)4-6-16(15)22/h4-11H,3,12H2,1-2H3. The SMILES string of the molecule is CCn1c(Cn2ccnc2-c2cc(F)ccc2F)nc2cc(S(C)(=O)=O)ccc21. The summed E-state index contributed by atoms with van der Waals surface area (Å²) in [7, 11) is -3.35. The Bertz CT molecular complexity index is 1330. The molecule has 0 saturated heterocycles. The quantitative estimate of drug-likeness (QED) is 0.498. The molecule has 0 bridgehead atoms. The van der Waals surface area contributed by atoms with Gasteiger partial charge in [0.1, 0.15) is 23.3 Å². The van der Waals surface area contributed by atoms with E-state index in [1.165, 1.54) is 6.20 Å². The third-order valence-corrected chi connectivity index (χ3v) is 5.85. The second-order valence-electron chi connectivity index (χ2n) is 6.70. The van der Waals surface area contributed by atoms with Crippen LogP contribution in [0.3, 0.4) is 0 Å². The fraction of sp³-hybridized carbons (Fsp3) is 0.200. The monoisotopic (exact) mass is 416 g/mol. The largest absolute Gasteiger partial charge is 0.327 e. The second kappa shape index (κ2) is 7.07. The van der Waals surface area contributed by atoms with Gasteiger partial charge in [0.25, 0.3) is 0 Å². The van der Waals surface area contributed by atoms with Crippen LogP contribution in [0.15, 0.2) is 53.7 Å². The van der Waals surface area contributed by atoms with Crippen LogP contribution in [0.1, 0.15) is 12.7 Å². The summed E-state index contributed by atoms with van der Waals surface area (Å²) in [5, 5.41) is 0. The van der Waals surface area contributed by atoms with Crippen LogP contribution >= 0.6 is 0 Å². The fourth-order valence-electron chi connectivity index (χ4n) is 3.37. The van der Waals surface area contributed by atoms with Gasteiger partial charge in [0, 0.05) is 25.2 Å². The van der Waals surface area contributed by atoms with E-state index >= 15 is 0 Å². The first-order valence-electron chi connectivity index (χ1n) is 8.93. The Kier molecular flexibility index (Phi) is 4.70. The lowest BCUT2D eigenvalue weighted by Gasteiger charge is -2.10. The third kappa shape index (κ3) is 3.53. The van der Waals surface area contributed by atoms with E-state index in [-0.39, 0.29) is 22.8 Å². The number of imidazole rings is 2. The lowest BCUT2D eigenvalue weighted by atomic mass is 10.2. The number of benzene rings is 2. The van der Waals surface area contributed by atoms with Crippen molar-refractivity contribution in [1.29, 1.82) is 0 Å². The molecule has 0 fully saturated rings. The van der Waals surface area contributed by atoms with Crippen molar-refractivity contribution in [3.63, 3.8) is 0 Å². The Morgan fingerprint density at radius 3 is 2.62 bits per heavy atom. The van der Waals surface area contributed by atoms with Crippen molar-refractivity contribution in [2.24, 2.45) is 0 Å². The minimum atomic E-state index is -3.35. The van der Waals surface area contributed by atoms with Gasteiger partial charge in [-0.25, -0.2) is 27.2 Å². The highest BCUT2D eigenvalue weighted by Gasteiger charge is 2.17. The Hall–Kier alpha value is -3.07. The highest BCUT2D eigenvalue weighted by atomic mass is 32.2. The maximum atomic E-state index is 14.2. The molecule has 0 atom stereocenters. The van der Waals surface area contributed by atoms with Gasteiger partial charge in [-0.2, -0.15) is 0 Å². The summed E-state index contributed by atoms with van der Waals surface area (Å²) >= 11 is 0. The lowest BCUT2D eigenvalue weighted by molar-refractivity contribution is 0.599. The van der Waals surface area contributed by atoms with Gasteiger partial charge in [0.15, 0.2) is 9.84 Å². The normalized spacial score (nSPS) is 12.0. The van der Waals surface area contributed by atoms with Gasteiger partial charge >= 0.3 is 0 Å². The lowest BCUT2D eigenvalue weighted by Crippen LogP contribution is -2.09. The Morgan fingerprint density at radius 1 is 1.10 bits per heavy atom. The first-order valence-corrected chi connectivity index (χ1v) is 10.8. The zero-order valence-corrected chi connectivity index (χ0v) is 16.6. The molecule has 0 spiro atoms. The van der Waals surface area contributed by atoms with E-state index in [9.17, 15) is 17.2 Å². The van der Waals surface area contributed by atoms with Crippen molar-refractivity contribution in [2.75, 3.05) is 6.26 Å². The van der Waals surface area contributed by atoms with E-state index in [0.717, 1.165) is 30.0 Å². The van der Waals surface area contributed by atoms with Crippen molar-refractivity contribution in [2.45, 2.75) is 24.9 Å². The summed E-state index contributed by atoms with van der Waals surface area (Å²) in [5.74, 6) is -0.177. The molecule has 0 amide bonds. The van der Waals surface area contributed by atoms with Crippen LogP contribution < -0.4 is 0 Å². The van der Waals surface area contributed by atoms with Crippen molar-refractivity contribution in [3.8, 4) is 11.4 Å². The molecule has 0 radical (unpaired) electrons. The van der Waals surface area contributed by atoms with Crippen molar-refractivity contribution in [3.05, 3.63) is 66.3 Å². The molecule has 0 aliphatic heterocycles. The van der Waals surface area contributed by atoms with Crippen LogP contribution in [0, 0.1) is 11.6 Å². The number of sulfone groups is 1. The molecule has 2 heterocycles. The van der Waals surface area contributed by atoms with Gasteiger partial charge in [0.05, 0.1) is 28.0 Å². The smallest absolute Gasteiger partial charge is 0.175 e. The Labute approximate surface area is 166 Å². The van der Waals surface area contributed by atoms with E-state index in [4.69, 9.17) is 0 Å². The molecule has 0 saturated carbocycles. The van der Waals surface area contributed by atoms with E-state index in [1.807, 2.05) is 11.5 Å². The number of aryl methyl sites for hydroxylation is 1. The second-order valence-corrected chi connectivity index (χ2v) is 8.71. The summed E-state index contributed by atoms with van der Waals surface area (Å²) in [6, 6.07) is 8.06. The molecule has 2 aromatic heterocycles. The van der Waals surface area contributed by atoms with Gasteiger partial charge in [-0.3, -0.25) is 0 Å². The Balaban J connectivity index is 1.80. The highest BCUT2D eigenvalue weighted by Crippen LogP contribution is 2.25.